The standard InChI is InChI=1S/C12H18N2O4S/c1-12(2,3)18-6-9(15)14-11-13-8(7-19-11)5-10(16)17-4/h7H,5-6H2,1-4H3,(H,13,14,15). The van der Waals surface area contributed by atoms with Crippen LogP contribution < -0.4 is 5.32 Å². The topological polar surface area (TPSA) is 77.5 Å². The van der Waals surface area contributed by atoms with Gasteiger partial charge in [-0.15, -0.1) is 11.3 Å². The van der Waals surface area contributed by atoms with Crippen LogP contribution in [0.15, 0.2) is 5.38 Å². The number of ether oxygens (including phenoxy) is 2. The van der Waals surface area contributed by atoms with Crippen molar-refractivity contribution in [3.8, 4) is 0 Å². The fourth-order valence-corrected chi connectivity index (χ4v) is 1.83. The molecule has 1 amide bonds. The Labute approximate surface area is 116 Å². The van der Waals surface area contributed by atoms with E-state index < -0.39 is 0 Å². The Morgan fingerprint density at radius 1 is 1.42 bits per heavy atom. The monoisotopic (exact) mass is 286 g/mol. The minimum Gasteiger partial charge on any atom is -0.469 e. The van der Waals surface area contributed by atoms with E-state index in [0.29, 0.717) is 10.8 Å². The fourth-order valence-electron chi connectivity index (χ4n) is 1.10. The van der Waals surface area contributed by atoms with E-state index in [1.54, 1.807) is 5.38 Å². The van der Waals surface area contributed by atoms with Gasteiger partial charge in [0.1, 0.15) is 6.61 Å². The number of amides is 1. The molecule has 0 fully saturated rings. The molecule has 0 aliphatic rings. The number of nitrogens with zero attached hydrogens (tertiary/aromatic N) is 1. The molecule has 0 unspecified atom stereocenters. The van der Waals surface area contributed by atoms with Gasteiger partial charge in [0.15, 0.2) is 5.13 Å². The maximum atomic E-state index is 11.6. The lowest BCUT2D eigenvalue weighted by Gasteiger charge is -2.18. The van der Waals surface area contributed by atoms with Crippen LogP contribution in [-0.2, 0) is 25.5 Å². The lowest BCUT2D eigenvalue weighted by atomic mass is 10.2. The number of esters is 1. The summed E-state index contributed by atoms with van der Waals surface area (Å²) in [6.07, 6.45) is 0.0986. The number of aromatic nitrogens is 1. The van der Waals surface area contributed by atoms with Crippen LogP contribution in [0.3, 0.4) is 0 Å². The molecule has 1 aromatic rings. The number of hydrogen-bond acceptors (Lipinski definition) is 6. The summed E-state index contributed by atoms with van der Waals surface area (Å²) in [4.78, 5) is 26.8. The molecule has 0 spiro atoms. The van der Waals surface area contributed by atoms with E-state index in [0.717, 1.165) is 0 Å². The summed E-state index contributed by atoms with van der Waals surface area (Å²) in [5.74, 6) is -0.631. The second-order valence-electron chi connectivity index (χ2n) is 4.85. The van der Waals surface area contributed by atoms with E-state index in [2.05, 4.69) is 15.0 Å². The summed E-state index contributed by atoms with van der Waals surface area (Å²) in [5, 5.41) is 4.77. The van der Waals surface area contributed by atoms with Crippen LogP contribution in [0.2, 0.25) is 0 Å². The number of nitrogens with one attached hydrogen (secondary N) is 1. The third kappa shape index (κ3) is 6.30. The molecular formula is C12H18N2O4S. The molecule has 0 bridgehead atoms. The zero-order valence-electron chi connectivity index (χ0n) is 11.5. The minimum absolute atomic E-state index is 0.0323. The van der Waals surface area contributed by atoms with Crippen LogP contribution in [0.4, 0.5) is 5.13 Å². The molecule has 1 aromatic heterocycles. The van der Waals surface area contributed by atoms with Crippen molar-refractivity contribution in [1.29, 1.82) is 0 Å². The van der Waals surface area contributed by atoms with Crippen LogP contribution in [0, 0.1) is 0 Å². The first-order chi connectivity index (χ1) is 8.80. The molecule has 1 heterocycles. The van der Waals surface area contributed by atoms with Crippen LogP contribution in [0.25, 0.3) is 0 Å². The molecule has 0 aromatic carbocycles. The van der Waals surface area contributed by atoms with Crippen molar-refractivity contribution in [2.24, 2.45) is 0 Å². The van der Waals surface area contributed by atoms with Crippen molar-refractivity contribution in [1.82, 2.24) is 4.98 Å². The molecular weight excluding hydrogens is 268 g/mol. The third-order valence-electron chi connectivity index (χ3n) is 1.99. The first kappa shape index (κ1) is 15.6. The van der Waals surface area contributed by atoms with E-state index >= 15 is 0 Å². The van der Waals surface area contributed by atoms with Crippen molar-refractivity contribution in [2.75, 3.05) is 19.0 Å². The number of carbonyl (C=O) groups excluding carboxylic acids is 2. The normalized spacial score (nSPS) is 11.2. The second kappa shape index (κ2) is 6.63. The number of hydrogen-bond donors (Lipinski definition) is 1. The average molecular weight is 286 g/mol. The summed E-state index contributed by atoms with van der Waals surface area (Å²) in [5.41, 5.74) is 0.208. The largest absolute Gasteiger partial charge is 0.469 e. The molecule has 0 aliphatic heterocycles. The summed E-state index contributed by atoms with van der Waals surface area (Å²) in [6.45, 7) is 5.59. The molecule has 0 saturated heterocycles. The van der Waals surface area contributed by atoms with Gasteiger partial charge in [0, 0.05) is 5.38 Å². The number of carbonyl (C=O) groups is 2. The SMILES string of the molecule is COC(=O)Cc1csc(NC(=O)COC(C)(C)C)n1. The number of rotatable bonds is 5. The molecule has 0 radical (unpaired) electrons. The van der Waals surface area contributed by atoms with Gasteiger partial charge in [-0.05, 0) is 20.8 Å². The van der Waals surface area contributed by atoms with Crippen LogP contribution in [0.1, 0.15) is 26.5 Å². The van der Waals surface area contributed by atoms with Gasteiger partial charge in [-0.1, -0.05) is 0 Å². The van der Waals surface area contributed by atoms with E-state index in [-0.39, 0.29) is 30.5 Å². The third-order valence-corrected chi connectivity index (χ3v) is 2.79. The summed E-state index contributed by atoms with van der Waals surface area (Å²) in [6, 6.07) is 0. The molecule has 1 rings (SSSR count). The summed E-state index contributed by atoms with van der Waals surface area (Å²) < 4.78 is 9.88. The van der Waals surface area contributed by atoms with Crippen molar-refractivity contribution >= 4 is 28.3 Å². The molecule has 7 heteroatoms. The number of anilines is 1. The molecule has 106 valence electrons. The van der Waals surface area contributed by atoms with Gasteiger partial charge in [0.25, 0.3) is 5.91 Å². The van der Waals surface area contributed by atoms with Crippen LogP contribution in [-0.4, -0.2) is 36.2 Å². The zero-order valence-corrected chi connectivity index (χ0v) is 12.3. The predicted molar refractivity (Wildman–Crippen MR) is 72.2 cm³/mol. The Hall–Kier alpha value is -1.47. The van der Waals surface area contributed by atoms with Crippen LogP contribution >= 0.6 is 11.3 Å². The van der Waals surface area contributed by atoms with E-state index in [4.69, 9.17) is 4.74 Å². The highest BCUT2D eigenvalue weighted by Crippen LogP contribution is 2.16. The molecule has 0 atom stereocenters. The number of methoxy groups -OCH3 is 1. The van der Waals surface area contributed by atoms with Crippen molar-refractivity contribution in [3.05, 3.63) is 11.1 Å². The van der Waals surface area contributed by atoms with E-state index in [9.17, 15) is 9.59 Å². The average Bonchev–Trinajstić information content (AvgIpc) is 2.73. The maximum absolute atomic E-state index is 11.6. The first-order valence-corrected chi connectivity index (χ1v) is 6.63. The lowest BCUT2D eigenvalue weighted by Crippen LogP contribution is -2.27. The molecule has 0 aliphatic carbocycles. The van der Waals surface area contributed by atoms with Gasteiger partial charge in [0.05, 0.1) is 24.8 Å². The van der Waals surface area contributed by atoms with Crippen LogP contribution in [0.5, 0.6) is 0 Å². The van der Waals surface area contributed by atoms with Gasteiger partial charge in [-0.25, -0.2) is 4.98 Å². The van der Waals surface area contributed by atoms with Gasteiger partial charge < -0.3 is 9.47 Å². The summed E-state index contributed by atoms with van der Waals surface area (Å²) >= 11 is 1.26. The van der Waals surface area contributed by atoms with Gasteiger partial charge in [-0.2, -0.15) is 0 Å². The molecule has 19 heavy (non-hydrogen) atoms. The maximum Gasteiger partial charge on any atom is 0.311 e. The Morgan fingerprint density at radius 2 is 2.11 bits per heavy atom. The molecule has 1 N–H and O–H groups in total. The molecule has 0 saturated carbocycles. The zero-order chi connectivity index (χ0) is 14.5. The smallest absolute Gasteiger partial charge is 0.311 e. The predicted octanol–water partition coefficient (Wildman–Crippen LogP) is 1.61. The van der Waals surface area contributed by atoms with E-state index in [1.807, 2.05) is 20.8 Å². The highest BCUT2D eigenvalue weighted by atomic mass is 32.1. The van der Waals surface area contributed by atoms with Gasteiger partial charge in [0.2, 0.25) is 0 Å². The number of thiazole rings is 1. The second-order valence-corrected chi connectivity index (χ2v) is 5.70. The van der Waals surface area contributed by atoms with Gasteiger partial charge in [-0.3, -0.25) is 14.9 Å². The lowest BCUT2D eigenvalue weighted by molar-refractivity contribution is -0.139. The fraction of sp³-hybridized carbons (Fsp3) is 0.583. The highest BCUT2D eigenvalue weighted by Gasteiger charge is 2.14. The van der Waals surface area contributed by atoms with Gasteiger partial charge >= 0.3 is 5.97 Å². The van der Waals surface area contributed by atoms with E-state index in [1.165, 1.54) is 18.4 Å². The Kier molecular flexibility index (Phi) is 5.44. The Morgan fingerprint density at radius 3 is 2.68 bits per heavy atom. The first-order valence-electron chi connectivity index (χ1n) is 5.75. The summed E-state index contributed by atoms with van der Waals surface area (Å²) in [7, 11) is 1.32. The Bertz CT molecular complexity index is 451. The molecule has 6 nitrogen and oxygen atoms in total. The van der Waals surface area contributed by atoms with Crippen molar-refractivity contribution < 1.29 is 19.1 Å². The Balaban J connectivity index is 2.45. The van der Waals surface area contributed by atoms with Crippen molar-refractivity contribution in [2.45, 2.75) is 32.8 Å². The van der Waals surface area contributed by atoms with Crippen molar-refractivity contribution in [3.63, 3.8) is 0 Å². The minimum atomic E-state index is -0.365. The quantitative estimate of drug-likeness (QED) is 0.832. The highest BCUT2D eigenvalue weighted by molar-refractivity contribution is 7.13.